The highest BCUT2D eigenvalue weighted by molar-refractivity contribution is 6.16. The fourth-order valence-electron chi connectivity index (χ4n) is 10.3. The van der Waals surface area contributed by atoms with E-state index in [1.807, 2.05) is 0 Å². The average Bonchev–Trinajstić information content (AvgIpc) is 3.97. The van der Waals surface area contributed by atoms with Gasteiger partial charge in [-0.25, -0.2) is 9.97 Å². The maximum atomic E-state index is 5.55. The van der Waals surface area contributed by atoms with Crippen LogP contribution in [0.4, 0.5) is 0 Å². The van der Waals surface area contributed by atoms with Crippen LogP contribution >= 0.6 is 0 Å². The summed E-state index contributed by atoms with van der Waals surface area (Å²) in [5.74, 6) is 1.54. The number of rotatable bonds is 4. The summed E-state index contributed by atoms with van der Waals surface area (Å²) in [5.41, 5.74) is 11.0. The van der Waals surface area contributed by atoms with Crippen LogP contribution in [0.15, 0.2) is 212 Å². The largest absolute Gasteiger partial charge is 0.309 e. The first kappa shape index (κ1) is 34.2. The molecule has 292 valence electrons. The fourth-order valence-corrected chi connectivity index (χ4v) is 10.3. The smallest absolute Gasteiger partial charge is 0.162 e. The third-order valence-electron chi connectivity index (χ3n) is 13.2. The van der Waals surface area contributed by atoms with Gasteiger partial charge >= 0.3 is 0 Å². The van der Waals surface area contributed by atoms with Crippen molar-refractivity contribution in [1.82, 2.24) is 23.7 Å². The number of nitrogens with zero attached hydrogens (tertiary/aromatic N) is 5. The molecule has 0 aliphatic heterocycles. The number of fused-ring (bicyclic) bond motifs is 12. The van der Waals surface area contributed by atoms with Crippen LogP contribution in [0.25, 0.3) is 126 Å². The van der Waals surface area contributed by atoms with Gasteiger partial charge in [0, 0.05) is 54.6 Å². The molecule has 10 aromatic carbocycles. The highest BCUT2D eigenvalue weighted by Gasteiger charge is 2.21. The molecular formula is C58H35N5. The van der Waals surface area contributed by atoms with Crippen LogP contribution in [0, 0.1) is 0 Å². The minimum Gasteiger partial charge on any atom is -0.309 e. The van der Waals surface area contributed by atoms with Crippen molar-refractivity contribution in [3.05, 3.63) is 212 Å². The van der Waals surface area contributed by atoms with E-state index in [0.29, 0.717) is 5.82 Å². The molecule has 0 spiro atoms. The molecule has 0 saturated heterocycles. The van der Waals surface area contributed by atoms with Gasteiger partial charge in [0.25, 0.3) is 0 Å². The van der Waals surface area contributed by atoms with Gasteiger partial charge in [-0.05, 0) is 106 Å². The van der Waals surface area contributed by atoms with Crippen LogP contribution in [0.3, 0.4) is 0 Å². The molecule has 5 nitrogen and oxygen atoms in total. The second kappa shape index (κ2) is 13.0. The quantitative estimate of drug-likeness (QED) is 0.178. The van der Waals surface area contributed by atoms with Gasteiger partial charge in [-0.15, -0.1) is 0 Å². The Hall–Kier alpha value is -8.54. The van der Waals surface area contributed by atoms with Crippen LogP contribution in [0.1, 0.15) is 0 Å². The molecule has 0 atom stereocenters. The molecule has 0 aliphatic rings. The van der Waals surface area contributed by atoms with Crippen molar-refractivity contribution in [1.29, 1.82) is 0 Å². The Bertz CT molecular complexity index is 4210. The van der Waals surface area contributed by atoms with Crippen LogP contribution in [-0.2, 0) is 0 Å². The Kier molecular flexibility index (Phi) is 7.05. The minimum absolute atomic E-state index is 0.684. The molecule has 0 radical (unpaired) electrons. The second-order valence-electron chi connectivity index (χ2n) is 16.6. The minimum atomic E-state index is 0.684. The zero-order chi connectivity index (χ0) is 41.2. The number of benzene rings is 10. The Labute approximate surface area is 360 Å². The van der Waals surface area contributed by atoms with E-state index < -0.39 is 0 Å². The lowest BCUT2D eigenvalue weighted by Gasteiger charge is -2.14. The molecule has 0 N–H and O–H groups in total. The Balaban J connectivity index is 1.01. The molecule has 4 heterocycles. The second-order valence-corrected chi connectivity index (χ2v) is 16.6. The zero-order valence-electron chi connectivity index (χ0n) is 33.9. The molecule has 0 bridgehead atoms. The van der Waals surface area contributed by atoms with E-state index in [4.69, 9.17) is 9.97 Å². The van der Waals surface area contributed by atoms with Crippen LogP contribution in [-0.4, -0.2) is 23.7 Å². The lowest BCUT2D eigenvalue weighted by molar-refractivity contribution is 1.08. The predicted molar refractivity (Wildman–Crippen MR) is 263 cm³/mol. The Morgan fingerprint density at radius 3 is 1.51 bits per heavy atom. The van der Waals surface area contributed by atoms with Crippen LogP contribution < -0.4 is 0 Å². The SMILES string of the molecule is c1ccc(-n2c3ccccc3c3ccc(-c4nc(-n5c6ccccc6c6cc7ccc(-n8c9ccccc9c9cc%10ccccc%10cc98)cc7cc65)c5ccccc5n4)cc32)cc1. The molecular weight excluding hydrogens is 767 g/mol. The van der Waals surface area contributed by atoms with E-state index in [1.54, 1.807) is 0 Å². The van der Waals surface area contributed by atoms with Crippen molar-refractivity contribution in [3.63, 3.8) is 0 Å². The molecule has 0 unspecified atom stereocenters. The van der Waals surface area contributed by atoms with Gasteiger partial charge in [0.2, 0.25) is 0 Å². The molecule has 5 heteroatoms. The van der Waals surface area contributed by atoms with E-state index in [1.165, 1.54) is 65.0 Å². The lowest BCUT2D eigenvalue weighted by Crippen LogP contribution is -2.03. The molecule has 14 rings (SSSR count). The summed E-state index contributed by atoms with van der Waals surface area (Å²) in [7, 11) is 0. The van der Waals surface area contributed by atoms with Crippen molar-refractivity contribution in [2.75, 3.05) is 0 Å². The molecule has 0 saturated carbocycles. The summed E-state index contributed by atoms with van der Waals surface area (Å²) < 4.78 is 7.13. The summed E-state index contributed by atoms with van der Waals surface area (Å²) in [6.07, 6.45) is 0. The zero-order valence-corrected chi connectivity index (χ0v) is 33.9. The van der Waals surface area contributed by atoms with E-state index in [2.05, 4.69) is 226 Å². The number of hydrogen-bond acceptors (Lipinski definition) is 2. The van der Waals surface area contributed by atoms with Gasteiger partial charge in [0.15, 0.2) is 5.82 Å². The number of para-hydroxylation sites is 5. The van der Waals surface area contributed by atoms with E-state index in [0.717, 1.165) is 55.6 Å². The van der Waals surface area contributed by atoms with Gasteiger partial charge in [-0.2, -0.15) is 0 Å². The predicted octanol–water partition coefficient (Wildman–Crippen LogP) is 14.9. The van der Waals surface area contributed by atoms with Gasteiger partial charge in [0.05, 0.1) is 38.6 Å². The third-order valence-corrected chi connectivity index (χ3v) is 13.2. The van der Waals surface area contributed by atoms with Gasteiger partial charge in [-0.1, -0.05) is 127 Å². The summed E-state index contributed by atoms with van der Waals surface area (Å²) in [6.45, 7) is 0. The normalized spacial score (nSPS) is 12.1. The average molecular weight is 802 g/mol. The van der Waals surface area contributed by atoms with E-state index in [9.17, 15) is 0 Å². The molecule has 0 amide bonds. The first-order valence-electron chi connectivity index (χ1n) is 21.5. The fraction of sp³-hybridized carbons (Fsp3) is 0. The Morgan fingerprint density at radius 2 is 0.778 bits per heavy atom. The van der Waals surface area contributed by atoms with Gasteiger partial charge in [0.1, 0.15) is 5.82 Å². The number of hydrogen-bond donors (Lipinski definition) is 0. The maximum absolute atomic E-state index is 5.55. The monoisotopic (exact) mass is 801 g/mol. The first-order valence-corrected chi connectivity index (χ1v) is 21.5. The van der Waals surface area contributed by atoms with Crippen molar-refractivity contribution < 1.29 is 0 Å². The van der Waals surface area contributed by atoms with Crippen LogP contribution in [0.5, 0.6) is 0 Å². The maximum Gasteiger partial charge on any atom is 0.162 e. The first-order chi connectivity index (χ1) is 31.2. The summed E-state index contributed by atoms with van der Waals surface area (Å²) in [6, 6.07) is 76.7. The summed E-state index contributed by atoms with van der Waals surface area (Å²) in [5, 5.41) is 13.1. The molecule has 14 aromatic rings. The van der Waals surface area contributed by atoms with Crippen molar-refractivity contribution in [2.24, 2.45) is 0 Å². The van der Waals surface area contributed by atoms with Crippen molar-refractivity contribution in [3.8, 4) is 28.6 Å². The molecule has 0 fully saturated rings. The van der Waals surface area contributed by atoms with E-state index >= 15 is 0 Å². The molecule has 0 aliphatic carbocycles. The highest BCUT2D eigenvalue weighted by Crippen LogP contribution is 2.40. The number of aromatic nitrogens is 5. The van der Waals surface area contributed by atoms with Crippen molar-refractivity contribution in [2.45, 2.75) is 0 Å². The van der Waals surface area contributed by atoms with Crippen molar-refractivity contribution >= 4 is 97.9 Å². The molecule has 63 heavy (non-hydrogen) atoms. The van der Waals surface area contributed by atoms with Gasteiger partial charge in [-0.3, -0.25) is 4.57 Å². The summed E-state index contributed by atoms with van der Waals surface area (Å²) in [4.78, 5) is 10.8. The van der Waals surface area contributed by atoms with Gasteiger partial charge < -0.3 is 9.13 Å². The third kappa shape index (κ3) is 4.99. The van der Waals surface area contributed by atoms with E-state index in [-0.39, 0.29) is 0 Å². The van der Waals surface area contributed by atoms with Crippen LogP contribution in [0.2, 0.25) is 0 Å². The standard InChI is InChI=1S/C58H35N5/c1-2-16-41(17-3-1)61-51-23-11-7-18-43(51)46-29-27-39(34-54(46)61)57-59-50-22-10-6-21-47(50)58(60-57)63-53-25-13-9-20-45(53)49-32-38-26-28-42(30-40(38)35-56(49)63)62-52-24-12-8-19-44(52)48-31-36-14-4-5-15-37(36)33-55(48)62/h1-35H. The topological polar surface area (TPSA) is 40.6 Å². The lowest BCUT2D eigenvalue weighted by atomic mass is 10.0. The highest BCUT2D eigenvalue weighted by atomic mass is 15.1. The summed E-state index contributed by atoms with van der Waals surface area (Å²) >= 11 is 0. The Morgan fingerprint density at radius 1 is 0.270 bits per heavy atom. The molecule has 4 aromatic heterocycles.